The van der Waals surface area contributed by atoms with Crippen molar-refractivity contribution in [2.75, 3.05) is 6.54 Å². The fourth-order valence-electron chi connectivity index (χ4n) is 1.67. The van der Waals surface area contributed by atoms with E-state index in [0.717, 1.165) is 31.2 Å². The lowest BCUT2D eigenvalue weighted by Crippen LogP contribution is -2.05. The third-order valence-corrected chi connectivity index (χ3v) is 2.66. The smallest absolute Gasteiger partial charge is 0.226 e. The predicted molar refractivity (Wildman–Crippen MR) is 67.8 cm³/mol. The average molecular weight is 264 g/mol. The van der Waals surface area contributed by atoms with Gasteiger partial charge in [-0.1, -0.05) is 5.21 Å². The fourth-order valence-corrected chi connectivity index (χ4v) is 1.67. The van der Waals surface area contributed by atoms with E-state index in [1.807, 2.05) is 6.20 Å². The summed E-state index contributed by atoms with van der Waals surface area (Å²) in [6, 6.07) is 1.24. The molecule has 0 aliphatic heterocycles. The van der Waals surface area contributed by atoms with Crippen LogP contribution in [0.1, 0.15) is 24.3 Å². The maximum atomic E-state index is 11.2. The van der Waals surface area contributed by atoms with Gasteiger partial charge in [-0.3, -0.25) is 4.79 Å². The van der Waals surface area contributed by atoms with E-state index < -0.39 is 11.2 Å². The van der Waals surface area contributed by atoms with Crippen LogP contribution in [0, 0.1) is 0 Å². The molecule has 0 amide bonds. The topological polar surface area (TPSA) is 107 Å². The van der Waals surface area contributed by atoms with Crippen LogP contribution in [0.5, 0.6) is 5.75 Å². The normalized spacial score (nSPS) is 10.8. The molecule has 0 unspecified atom stereocenters. The monoisotopic (exact) mass is 264 g/mol. The minimum Gasteiger partial charge on any atom is -0.502 e. The van der Waals surface area contributed by atoms with Gasteiger partial charge in [-0.2, -0.15) is 0 Å². The summed E-state index contributed by atoms with van der Waals surface area (Å²) in [7, 11) is 0. The van der Waals surface area contributed by atoms with Crippen molar-refractivity contribution in [2.45, 2.75) is 25.8 Å². The minimum atomic E-state index is -0.468. The van der Waals surface area contributed by atoms with Crippen LogP contribution in [0.15, 0.2) is 27.7 Å². The molecule has 2 aromatic rings. The molecule has 0 atom stereocenters. The predicted octanol–water partition coefficient (Wildman–Crippen LogP) is 0.267. The molecule has 3 N–H and O–H groups in total. The minimum absolute atomic E-state index is 0.305. The fraction of sp³-hybridized carbons (Fsp3) is 0.417. The molecule has 0 fully saturated rings. The van der Waals surface area contributed by atoms with Crippen LogP contribution in [-0.2, 0) is 13.0 Å². The Morgan fingerprint density at radius 2 is 2.26 bits per heavy atom. The van der Waals surface area contributed by atoms with Crippen LogP contribution >= 0.6 is 0 Å². The zero-order chi connectivity index (χ0) is 13.7. The Balaban J connectivity index is 1.99. The number of aryl methyl sites for hydroxylation is 1. The molecule has 0 spiro atoms. The van der Waals surface area contributed by atoms with Gasteiger partial charge in [-0.25, -0.2) is 4.68 Å². The largest absolute Gasteiger partial charge is 0.502 e. The maximum absolute atomic E-state index is 11.2. The third kappa shape index (κ3) is 3.65. The van der Waals surface area contributed by atoms with Crippen LogP contribution in [0.2, 0.25) is 0 Å². The Morgan fingerprint density at radius 1 is 1.42 bits per heavy atom. The summed E-state index contributed by atoms with van der Waals surface area (Å²) in [6.45, 7) is 0.978. The van der Waals surface area contributed by atoms with Gasteiger partial charge < -0.3 is 15.3 Å². The summed E-state index contributed by atoms with van der Waals surface area (Å²) in [6.07, 6.45) is 5.60. The van der Waals surface area contributed by atoms with E-state index in [1.165, 1.54) is 6.07 Å². The number of rotatable bonds is 6. The van der Waals surface area contributed by atoms with E-state index >= 15 is 0 Å². The van der Waals surface area contributed by atoms with Gasteiger partial charge in [0.25, 0.3) is 0 Å². The van der Waals surface area contributed by atoms with Gasteiger partial charge in [0.2, 0.25) is 5.43 Å². The summed E-state index contributed by atoms with van der Waals surface area (Å²) in [5, 5.41) is 17.1. The number of aromatic nitrogens is 3. The van der Waals surface area contributed by atoms with E-state index in [1.54, 1.807) is 4.68 Å². The number of nitrogens with two attached hydrogens (primary N) is 1. The van der Waals surface area contributed by atoms with Crippen LogP contribution in [0.25, 0.3) is 0 Å². The van der Waals surface area contributed by atoms with Crippen molar-refractivity contribution in [1.29, 1.82) is 0 Å². The Morgan fingerprint density at radius 3 is 3.00 bits per heavy atom. The summed E-state index contributed by atoms with van der Waals surface area (Å²) in [5.74, 6) is 0.0195. The zero-order valence-electron chi connectivity index (χ0n) is 10.5. The molecule has 102 valence electrons. The molecular weight excluding hydrogens is 248 g/mol. The molecular formula is C12H16N4O3. The first-order valence-electron chi connectivity index (χ1n) is 6.09. The van der Waals surface area contributed by atoms with Gasteiger partial charge >= 0.3 is 0 Å². The van der Waals surface area contributed by atoms with Gasteiger partial charge in [0.15, 0.2) is 5.75 Å². The average Bonchev–Trinajstić information content (AvgIpc) is 2.82. The number of hydrogen-bond donors (Lipinski definition) is 2. The van der Waals surface area contributed by atoms with E-state index in [2.05, 4.69) is 10.3 Å². The lowest BCUT2D eigenvalue weighted by Gasteiger charge is -1.99. The van der Waals surface area contributed by atoms with Crippen molar-refractivity contribution in [3.05, 3.63) is 40.2 Å². The summed E-state index contributed by atoms with van der Waals surface area (Å²) in [4.78, 5) is 11.2. The lowest BCUT2D eigenvalue weighted by atomic mass is 10.2. The quantitative estimate of drug-likeness (QED) is 0.725. The van der Waals surface area contributed by atoms with Crippen molar-refractivity contribution in [1.82, 2.24) is 15.0 Å². The molecule has 0 aromatic carbocycles. The van der Waals surface area contributed by atoms with Gasteiger partial charge in [0.1, 0.15) is 18.6 Å². The Kier molecular flexibility index (Phi) is 4.30. The summed E-state index contributed by atoms with van der Waals surface area (Å²) in [5.41, 5.74) is 5.84. The highest BCUT2D eigenvalue weighted by Crippen LogP contribution is 2.06. The van der Waals surface area contributed by atoms with E-state index in [4.69, 9.17) is 15.3 Å². The highest BCUT2D eigenvalue weighted by atomic mass is 16.4. The molecule has 0 saturated heterocycles. The standard InChI is InChI=1S/C12H16N4O3/c13-4-2-1-3-9-6-16(15-14-9)7-10-5-11(17)12(18)8-19-10/h5-6,8,18H,1-4,7,13H2. The highest BCUT2D eigenvalue weighted by Gasteiger charge is 2.05. The van der Waals surface area contributed by atoms with Crippen molar-refractivity contribution >= 4 is 0 Å². The van der Waals surface area contributed by atoms with Crippen molar-refractivity contribution in [2.24, 2.45) is 5.73 Å². The molecule has 7 heteroatoms. The number of unbranched alkanes of at least 4 members (excludes halogenated alkanes) is 1. The molecule has 19 heavy (non-hydrogen) atoms. The molecule has 0 saturated carbocycles. The SMILES string of the molecule is NCCCCc1cn(Cc2cc(=O)c(O)co2)nn1. The summed E-state index contributed by atoms with van der Waals surface area (Å²) >= 11 is 0. The second kappa shape index (κ2) is 6.14. The van der Waals surface area contributed by atoms with E-state index in [9.17, 15) is 4.79 Å². The first-order chi connectivity index (χ1) is 9.19. The Labute approximate surface area is 109 Å². The zero-order valence-corrected chi connectivity index (χ0v) is 10.5. The number of nitrogens with zero attached hydrogens (tertiary/aromatic N) is 3. The molecule has 0 bridgehead atoms. The van der Waals surface area contributed by atoms with Crippen LogP contribution < -0.4 is 11.2 Å². The van der Waals surface area contributed by atoms with E-state index in [-0.39, 0.29) is 0 Å². The Hall–Kier alpha value is -2.15. The molecule has 2 aromatic heterocycles. The number of hydrogen-bond acceptors (Lipinski definition) is 6. The van der Waals surface area contributed by atoms with Crippen molar-refractivity contribution in [3.63, 3.8) is 0 Å². The van der Waals surface area contributed by atoms with Gasteiger partial charge in [-0.05, 0) is 25.8 Å². The number of aromatic hydroxyl groups is 1. The molecule has 2 rings (SSSR count). The van der Waals surface area contributed by atoms with Crippen LogP contribution in [-0.4, -0.2) is 26.6 Å². The molecule has 0 aliphatic rings. The van der Waals surface area contributed by atoms with Gasteiger partial charge in [0.05, 0.1) is 5.69 Å². The second-order valence-corrected chi connectivity index (χ2v) is 4.25. The van der Waals surface area contributed by atoms with Crippen LogP contribution in [0.3, 0.4) is 0 Å². The maximum Gasteiger partial charge on any atom is 0.226 e. The molecule has 0 aliphatic carbocycles. The molecule has 7 nitrogen and oxygen atoms in total. The van der Waals surface area contributed by atoms with Gasteiger partial charge in [-0.15, -0.1) is 5.10 Å². The van der Waals surface area contributed by atoms with Gasteiger partial charge in [0, 0.05) is 12.3 Å². The molecule has 0 radical (unpaired) electrons. The van der Waals surface area contributed by atoms with Crippen molar-refractivity contribution in [3.8, 4) is 5.75 Å². The van der Waals surface area contributed by atoms with Crippen LogP contribution in [0.4, 0.5) is 0 Å². The highest BCUT2D eigenvalue weighted by molar-refractivity contribution is 5.15. The first-order valence-corrected chi connectivity index (χ1v) is 6.09. The van der Waals surface area contributed by atoms with Crippen molar-refractivity contribution < 1.29 is 9.52 Å². The lowest BCUT2D eigenvalue weighted by molar-refractivity contribution is 0.403. The Bertz CT molecular complexity index is 591. The second-order valence-electron chi connectivity index (χ2n) is 4.25. The summed E-state index contributed by atoms with van der Waals surface area (Å²) < 4.78 is 6.69. The molecule has 2 heterocycles. The third-order valence-electron chi connectivity index (χ3n) is 2.66. The van der Waals surface area contributed by atoms with E-state index in [0.29, 0.717) is 18.8 Å². The first kappa shape index (κ1) is 13.3.